The molecule has 5 rings (SSSR count). The van der Waals surface area contributed by atoms with Crippen molar-refractivity contribution in [2.45, 2.75) is 36.0 Å². The SMILES string of the molecule is O=S(=O)(c1no[n+]([O-])c1S(=O)(=O)N1CCc2ccccc2C1)N1CCc2ccccc2C1. The lowest BCUT2D eigenvalue weighted by molar-refractivity contribution is -0.832. The minimum atomic E-state index is -4.48. The largest absolute Gasteiger partial charge is 0.367 e. The van der Waals surface area contributed by atoms with Crippen molar-refractivity contribution in [3.05, 3.63) is 76.0 Å². The van der Waals surface area contributed by atoms with E-state index >= 15 is 0 Å². The first-order valence-corrected chi connectivity index (χ1v) is 12.9. The molecule has 0 amide bonds. The number of sulfonamides is 2. The molecule has 2 aliphatic heterocycles. The highest BCUT2D eigenvalue weighted by Crippen LogP contribution is 2.29. The van der Waals surface area contributed by atoms with Crippen LogP contribution in [0.15, 0.2) is 63.2 Å². The van der Waals surface area contributed by atoms with E-state index in [1.54, 1.807) is 18.2 Å². The lowest BCUT2D eigenvalue weighted by Gasteiger charge is -2.28. The summed E-state index contributed by atoms with van der Waals surface area (Å²) >= 11 is 0. The zero-order chi connectivity index (χ0) is 22.5. The fourth-order valence-corrected chi connectivity index (χ4v) is 7.49. The first kappa shape index (κ1) is 21.1. The Kier molecular flexibility index (Phi) is 5.04. The van der Waals surface area contributed by atoms with Crippen LogP contribution in [-0.4, -0.2) is 43.7 Å². The highest BCUT2D eigenvalue weighted by atomic mass is 32.2. The van der Waals surface area contributed by atoms with Crippen LogP contribution in [0, 0.1) is 5.21 Å². The lowest BCUT2D eigenvalue weighted by Crippen LogP contribution is -2.43. The van der Waals surface area contributed by atoms with Crippen LogP contribution in [0.1, 0.15) is 22.3 Å². The standard InChI is InChI=1S/C20H20N4O6S2/c25-24-20(32(28,29)23-12-10-16-6-2-4-8-18(16)14-23)19(21-30-24)31(26,27)22-11-9-15-5-1-3-7-17(15)13-22/h1-8H,9-14H2. The molecule has 0 bridgehead atoms. The summed E-state index contributed by atoms with van der Waals surface area (Å²) in [5.74, 6) is 0. The minimum Gasteiger partial charge on any atom is -0.358 e. The maximum Gasteiger partial charge on any atom is 0.367 e. The molecule has 0 fully saturated rings. The van der Waals surface area contributed by atoms with Gasteiger partial charge >= 0.3 is 10.1 Å². The van der Waals surface area contributed by atoms with Gasteiger partial charge in [-0.25, -0.2) is 16.8 Å². The second kappa shape index (κ2) is 7.66. The summed E-state index contributed by atoms with van der Waals surface area (Å²) in [5, 5.41) is 13.8. The molecule has 0 radical (unpaired) electrons. The average molecular weight is 477 g/mol. The summed E-state index contributed by atoms with van der Waals surface area (Å²) in [7, 11) is -8.88. The third-order valence-electron chi connectivity index (χ3n) is 5.91. The predicted octanol–water partition coefficient (Wildman–Crippen LogP) is 0.802. The number of rotatable bonds is 4. The Balaban J connectivity index is 1.51. The van der Waals surface area contributed by atoms with Gasteiger partial charge in [-0.3, -0.25) is 4.63 Å². The number of fused-ring (bicyclic) bond motifs is 2. The minimum absolute atomic E-state index is 0.0280. The Morgan fingerprint density at radius 2 is 1.25 bits per heavy atom. The van der Waals surface area contributed by atoms with Gasteiger partial charge in [0, 0.05) is 26.2 Å². The highest BCUT2D eigenvalue weighted by molar-refractivity contribution is 7.92. The molecule has 0 saturated carbocycles. The maximum atomic E-state index is 13.3. The molecule has 0 unspecified atom stereocenters. The van der Waals surface area contributed by atoms with Crippen LogP contribution in [-0.2, 0) is 46.0 Å². The van der Waals surface area contributed by atoms with Gasteiger partial charge < -0.3 is 5.21 Å². The topological polar surface area (TPSA) is 128 Å². The van der Waals surface area contributed by atoms with Crippen LogP contribution in [0.5, 0.6) is 0 Å². The van der Waals surface area contributed by atoms with Crippen LogP contribution >= 0.6 is 0 Å². The average Bonchev–Trinajstić information content (AvgIpc) is 3.21. The Morgan fingerprint density at radius 1 is 0.781 bits per heavy atom. The fourth-order valence-electron chi connectivity index (χ4n) is 4.18. The van der Waals surface area contributed by atoms with E-state index in [4.69, 9.17) is 0 Å². The third-order valence-corrected chi connectivity index (χ3v) is 9.61. The molecular formula is C20H20N4O6S2. The van der Waals surface area contributed by atoms with Crippen molar-refractivity contribution in [2.24, 2.45) is 0 Å². The van der Waals surface area contributed by atoms with E-state index < -0.39 is 30.1 Å². The summed E-state index contributed by atoms with van der Waals surface area (Å²) < 4.78 is 60.0. The summed E-state index contributed by atoms with van der Waals surface area (Å²) in [6.07, 6.45) is 0.917. The van der Waals surface area contributed by atoms with E-state index in [9.17, 15) is 22.0 Å². The Labute approximate surface area is 185 Å². The first-order valence-electron chi connectivity index (χ1n) is 10.0. The lowest BCUT2D eigenvalue weighted by atomic mass is 10.0. The normalized spacial score (nSPS) is 17.6. The molecule has 0 saturated heterocycles. The highest BCUT2D eigenvalue weighted by Gasteiger charge is 2.46. The van der Waals surface area contributed by atoms with Gasteiger partial charge in [-0.15, -0.1) is 0 Å². The Hall–Kier alpha value is -2.80. The summed E-state index contributed by atoms with van der Waals surface area (Å²) in [5.41, 5.74) is 3.66. The van der Waals surface area contributed by atoms with Gasteiger partial charge in [-0.2, -0.15) is 8.61 Å². The van der Waals surface area contributed by atoms with Crippen molar-refractivity contribution in [3.63, 3.8) is 0 Å². The van der Waals surface area contributed by atoms with Crippen LogP contribution in [0.2, 0.25) is 0 Å². The van der Waals surface area contributed by atoms with Gasteiger partial charge in [0.25, 0.3) is 20.0 Å². The molecule has 32 heavy (non-hydrogen) atoms. The predicted molar refractivity (Wildman–Crippen MR) is 111 cm³/mol. The molecule has 12 heteroatoms. The van der Waals surface area contributed by atoms with Crippen molar-refractivity contribution < 1.29 is 26.4 Å². The summed E-state index contributed by atoms with van der Waals surface area (Å²) in [4.78, 5) is -0.333. The van der Waals surface area contributed by atoms with E-state index in [0.717, 1.165) is 30.9 Å². The van der Waals surface area contributed by atoms with E-state index in [1.165, 1.54) is 0 Å². The van der Waals surface area contributed by atoms with E-state index in [1.807, 2.05) is 30.3 Å². The molecule has 3 heterocycles. The van der Waals surface area contributed by atoms with Crippen molar-refractivity contribution >= 4 is 20.0 Å². The molecule has 1 aromatic heterocycles. The van der Waals surface area contributed by atoms with Crippen molar-refractivity contribution in [1.82, 2.24) is 13.8 Å². The third kappa shape index (κ3) is 3.39. The number of nitrogens with zero attached hydrogens (tertiary/aromatic N) is 4. The molecule has 2 aromatic carbocycles. The summed E-state index contributed by atoms with van der Waals surface area (Å²) in [6.45, 7) is 0.337. The Bertz CT molecular complexity index is 1400. The fraction of sp³-hybridized carbons (Fsp3) is 0.300. The second-order valence-corrected chi connectivity index (χ2v) is 11.5. The monoisotopic (exact) mass is 476 g/mol. The smallest absolute Gasteiger partial charge is 0.358 e. The summed E-state index contributed by atoms with van der Waals surface area (Å²) in [6, 6.07) is 14.8. The molecule has 3 aromatic rings. The number of aromatic nitrogens is 2. The van der Waals surface area contributed by atoms with Crippen molar-refractivity contribution in [2.75, 3.05) is 13.1 Å². The quantitative estimate of drug-likeness (QED) is 0.510. The van der Waals surface area contributed by atoms with E-state index in [0.29, 0.717) is 12.8 Å². The molecule has 10 nitrogen and oxygen atoms in total. The van der Waals surface area contributed by atoms with Gasteiger partial charge in [0.2, 0.25) is 0 Å². The molecule has 2 aliphatic rings. The number of hydrogen-bond acceptors (Lipinski definition) is 7. The van der Waals surface area contributed by atoms with Gasteiger partial charge in [-0.1, -0.05) is 48.5 Å². The molecule has 0 spiro atoms. The molecule has 0 atom stereocenters. The van der Waals surface area contributed by atoms with Gasteiger partial charge in [0.1, 0.15) is 0 Å². The molecule has 168 valence electrons. The second-order valence-electron chi connectivity index (χ2n) is 7.75. The van der Waals surface area contributed by atoms with Crippen LogP contribution in [0.25, 0.3) is 0 Å². The van der Waals surface area contributed by atoms with Crippen LogP contribution in [0.4, 0.5) is 0 Å². The molecule has 0 N–H and O–H groups in total. The zero-order valence-corrected chi connectivity index (χ0v) is 18.5. The Morgan fingerprint density at radius 3 is 1.78 bits per heavy atom. The van der Waals surface area contributed by atoms with E-state index in [2.05, 4.69) is 9.79 Å². The van der Waals surface area contributed by atoms with Gasteiger partial charge in [0.05, 0.1) is 5.16 Å². The van der Waals surface area contributed by atoms with Crippen molar-refractivity contribution in [1.29, 1.82) is 0 Å². The maximum absolute atomic E-state index is 13.3. The van der Waals surface area contributed by atoms with Gasteiger partial charge in [-0.05, 0) is 40.0 Å². The number of hydrogen-bond donors (Lipinski definition) is 0. The zero-order valence-electron chi connectivity index (χ0n) is 16.9. The number of benzene rings is 2. The van der Waals surface area contributed by atoms with E-state index in [-0.39, 0.29) is 31.1 Å². The van der Waals surface area contributed by atoms with Crippen LogP contribution in [0.3, 0.4) is 0 Å². The molecular weight excluding hydrogens is 456 g/mol. The first-order chi connectivity index (χ1) is 15.3. The van der Waals surface area contributed by atoms with Gasteiger partial charge in [0.15, 0.2) is 0 Å². The molecule has 0 aliphatic carbocycles. The van der Waals surface area contributed by atoms with Crippen molar-refractivity contribution in [3.8, 4) is 0 Å². The van der Waals surface area contributed by atoms with Crippen LogP contribution < -0.4 is 4.90 Å².